The van der Waals surface area contributed by atoms with Crippen molar-refractivity contribution in [3.8, 4) is 5.75 Å². The predicted octanol–water partition coefficient (Wildman–Crippen LogP) is 3.40. The highest BCUT2D eigenvalue weighted by Gasteiger charge is 2.38. The first-order chi connectivity index (χ1) is 6.70. The van der Waals surface area contributed by atoms with Gasteiger partial charge in [0.1, 0.15) is 5.75 Å². The van der Waals surface area contributed by atoms with Crippen molar-refractivity contribution in [2.24, 2.45) is 0 Å². The fourth-order valence-electron chi connectivity index (χ4n) is 0.858. The van der Waals surface area contributed by atoms with Gasteiger partial charge in [0.25, 0.3) is 0 Å². The summed E-state index contributed by atoms with van der Waals surface area (Å²) in [6, 6.07) is 3.87. The Bertz CT molecular complexity index is 340. The van der Waals surface area contributed by atoms with Crippen molar-refractivity contribution in [2.45, 2.75) is 12.5 Å². The third-order valence-corrected chi connectivity index (χ3v) is 1.36. The van der Waals surface area contributed by atoms with Crippen LogP contribution in [0.15, 0.2) is 18.2 Å². The molecule has 0 N–H and O–H groups in total. The molecule has 0 unspecified atom stereocenters. The van der Waals surface area contributed by atoms with E-state index in [1.165, 1.54) is 0 Å². The van der Waals surface area contributed by atoms with E-state index in [1.807, 2.05) is 0 Å². The molecule has 1 rings (SSSR count). The van der Waals surface area contributed by atoms with E-state index >= 15 is 0 Å². The average Bonchev–Trinajstić information content (AvgIpc) is 1.99. The van der Waals surface area contributed by atoms with E-state index in [4.69, 9.17) is 0 Å². The monoisotopic (exact) mass is 229 g/mol. The summed E-state index contributed by atoms with van der Waals surface area (Å²) in [5.41, 5.74) is -1.49. The first-order valence-corrected chi connectivity index (χ1v) is 3.53. The number of hydrogen-bond acceptors (Lipinski definition) is 1. The molecule has 0 aliphatic heterocycles. The van der Waals surface area contributed by atoms with Crippen molar-refractivity contribution in [2.75, 3.05) is 0 Å². The Balaban J connectivity index is 3.08. The molecule has 0 spiro atoms. The van der Waals surface area contributed by atoms with Crippen LogP contribution in [0.1, 0.15) is 5.56 Å². The molecule has 1 radical (unpaired) electrons. The molecule has 1 nitrogen and oxygen atoms in total. The van der Waals surface area contributed by atoms with Crippen molar-refractivity contribution in [1.29, 1.82) is 0 Å². The van der Waals surface area contributed by atoms with E-state index in [2.05, 4.69) is 10.8 Å². The Morgan fingerprint density at radius 1 is 1.07 bits per heavy atom. The third-order valence-electron chi connectivity index (χ3n) is 1.36. The molecule has 0 heterocycles. The van der Waals surface area contributed by atoms with Gasteiger partial charge >= 0.3 is 12.5 Å². The van der Waals surface area contributed by atoms with Crippen molar-refractivity contribution >= 4 is 0 Å². The van der Waals surface area contributed by atoms with E-state index in [0.29, 0.717) is 12.1 Å². The molecule has 0 aliphatic rings. The second-order valence-electron chi connectivity index (χ2n) is 2.47. The maximum Gasteiger partial charge on any atom is 0.573 e. The topological polar surface area (TPSA) is 9.23 Å². The summed E-state index contributed by atoms with van der Waals surface area (Å²) < 4.78 is 74.8. The van der Waals surface area contributed by atoms with Gasteiger partial charge in [0.2, 0.25) is 0 Å². The van der Waals surface area contributed by atoms with Crippen LogP contribution in [0.25, 0.3) is 0 Å². The average molecular weight is 229 g/mol. The summed E-state index contributed by atoms with van der Waals surface area (Å²) in [6.45, 7) is 0. The van der Waals surface area contributed by atoms with Crippen LogP contribution in [0.4, 0.5) is 26.3 Å². The highest BCUT2D eigenvalue weighted by molar-refractivity contribution is 5.35. The lowest BCUT2D eigenvalue weighted by Gasteiger charge is -2.14. The minimum absolute atomic E-state index is 0.459. The van der Waals surface area contributed by atoms with Crippen LogP contribution in [0.5, 0.6) is 5.75 Å². The molecule has 0 saturated carbocycles. The van der Waals surface area contributed by atoms with Crippen molar-refractivity contribution in [3.63, 3.8) is 0 Å². The number of benzene rings is 1. The van der Waals surface area contributed by atoms with Crippen molar-refractivity contribution in [3.05, 3.63) is 29.8 Å². The molecule has 15 heavy (non-hydrogen) atoms. The third kappa shape index (κ3) is 3.34. The van der Waals surface area contributed by atoms with E-state index in [1.54, 1.807) is 0 Å². The van der Waals surface area contributed by atoms with Gasteiger partial charge in [-0.25, -0.2) is 0 Å². The van der Waals surface area contributed by atoms with E-state index < -0.39 is 23.9 Å². The SMILES string of the molecule is FC(F)(F)Oc1c[c]ccc1C(F)(F)F. The van der Waals surface area contributed by atoms with Crippen LogP contribution in [0.2, 0.25) is 0 Å². The highest BCUT2D eigenvalue weighted by atomic mass is 19.4. The van der Waals surface area contributed by atoms with Crippen molar-refractivity contribution in [1.82, 2.24) is 0 Å². The zero-order chi connectivity index (χ0) is 11.7. The summed E-state index contributed by atoms with van der Waals surface area (Å²) in [5.74, 6) is -1.31. The fourth-order valence-corrected chi connectivity index (χ4v) is 0.858. The standard InChI is InChI=1S/C8H3F6O/c9-7(10,11)5-3-1-2-4-6(5)15-8(12,13)14/h1,3-4H. The van der Waals surface area contributed by atoms with Crippen LogP contribution in [-0.4, -0.2) is 6.36 Å². The molecule has 1 aromatic rings. The van der Waals surface area contributed by atoms with Gasteiger partial charge in [-0.2, -0.15) is 13.2 Å². The van der Waals surface area contributed by atoms with E-state index in [9.17, 15) is 26.3 Å². The van der Waals surface area contributed by atoms with Gasteiger partial charge in [-0.15, -0.1) is 13.2 Å². The lowest BCUT2D eigenvalue weighted by atomic mass is 10.2. The predicted molar refractivity (Wildman–Crippen MR) is 37.0 cm³/mol. The van der Waals surface area contributed by atoms with Gasteiger partial charge in [0, 0.05) is 0 Å². The number of rotatable bonds is 1. The molecule has 0 saturated heterocycles. The molecular weight excluding hydrogens is 226 g/mol. The van der Waals surface area contributed by atoms with Gasteiger partial charge < -0.3 is 4.74 Å². The zero-order valence-electron chi connectivity index (χ0n) is 6.91. The summed E-state index contributed by atoms with van der Waals surface area (Å²) in [4.78, 5) is 0. The molecule has 0 aromatic heterocycles. The molecule has 0 bridgehead atoms. The molecule has 1 aromatic carbocycles. The number of ether oxygens (including phenoxy) is 1. The largest absolute Gasteiger partial charge is 0.573 e. The Labute approximate surface area is 80.3 Å². The highest BCUT2D eigenvalue weighted by Crippen LogP contribution is 2.37. The molecule has 0 fully saturated rings. The number of hydrogen-bond donors (Lipinski definition) is 0. The van der Waals surface area contributed by atoms with Crippen LogP contribution >= 0.6 is 0 Å². The van der Waals surface area contributed by atoms with Gasteiger partial charge in [0.05, 0.1) is 5.56 Å². The van der Waals surface area contributed by atoms with E-state index in [0.717, 1.165) is 6.07 Å². The van der Waals surface area contributed by atoms with E-state index in [-0.39, 0.29) is 0 Å². The first kappa shape index (κ1) is 11.7. The summed E-state index contributed by atoms with van der Waals surface area (Å²) >= 11 is 0. The van der Waals surface area contributed by atoms with Crippen LogP contribution < -0.4 is 4.74 Å². The number of alkyl halides is 6. The minimum Gasteiger partial charge on any atom is -0.405 e. The zero-order valence-corrected chi connectivity index (χ0v) is 6.91. The maximum atomic E-state index is 12.2. The Kier molecular flexibility index (Phi) is 2.83. The number of halogens is 6. The Morgan fingerprint density at radius 3 is 2.13 bits per heavy atom. The molecule has 83 valence electrons. The van der Waals surface area contributed by atoms with Gasteiger partial charge in [0.15, 0.2) is 0 Å². The smallest absolute Gasteiger partial charge is 0.405 e. The van der Waals surface area contributed by atoms with Gasteiger partial charge in [-0.3, -0.25) is 0 Å². The van der Waals surface area contributed by atoms with Crippen LogP contribution in [0.3, 0.4) is 0 Å². The second-order valence-corrected chi connectivity index (χ2v) is 2.47. The minimum atomic E-state index is -5.16. The van der Waals surface area contributed by atoms with Crippen LogP contribution in [-0.2, 0) is 6.18 Å². The summed E-state index contributed by atoms with van der Waals surface area (Å²) in [5, 5.41) is 0. The lowest BCUT2D eigenvalue weighted by molar-refractivity contribution is -0.276. The molecule has 0 atom stereocenters. The Morgan fingerprint density at radius 2 is 1.67 bits per heavy atom. The molecule has 0 amide bonds. The lowest BCUT2D eigenvalue weighted by Crippen LogP contribution is -2.20. The molecule has 7 heteroatoms. The second kappa shape index (κ2) is 3.63. The van der Waals surface area contributed by atoms with Gasteiger partial charge in [-0.1, -0.05) is 6.07 Å². The van der Waals surface area contributed by atoms with Gasteiger partial charge in [-0.05, 0) is 18.2 Å². The maximum absolute atomic E-state index is 12.2. The summed E-state index contributed by atoms with van der Waals surface area (Å²) in [6.07, 6.45) is -10.1. The summed E-state index contributed by atoms with van der Waals surface area (Å²) in [7, 11) is 0. The van der Waals surface area contributed by atoms with Crippen molar-refractivity contribution < 1.29 is 31.1 Å². The Hall–Kier alpha value is -1.40. The van der Waals surface area contributed by atoms with Crippen LogP contribution in [0, 0.1) is 6.07 Å². The fraction of sp³-hybridized carbons (Fsp3) is 0.250. The quantitative estimate of drug-likeness (QED) is 0.670. The molecular formula is C8H3F6O. The molecule has 0 aliphatic carbocycles. The first-order valence-electron chi connectivity index (χ1n) is 3.53. The normalized spacial score (nSPS) is 12.7.